The summed E-state index contributed by atoms with van der Waals surface area (Å²) in [5.41, 5.74) is 7.42. The fraction of sp³-hybridized carbons (Fsp3) is 0. The highest BCUT2D eigenvalue weighted by Crippen LogP contribution is 2.32. The monoisotopic (exact) mass is 322 g/mol. The fourth-order valence-corrected chi connectivity index (χ4v) is 2.58. The molecule has 6 nitrogen and oxygen atoms in total. The smallest absolute Gasteiger partial charge is 0.270 e. The predicted molar refractivity (Wildman–Crippen MR) is 81.7 cm³/mol. The van der Waals surface area contributed by atoms with E-state index in [0.29, 0.717) is 32.8 Å². The molecule has 106 valence electrons. The van der Waals surface area contributed by atoms with E-state index in [9.17, 15) is 10.1 Å². The second kappa shape index (κ2) is 4.91. The third kappa shape index (κ3) is 2.28. The maximum atomic E-state index is 10.9. The number of anilines is 1. The van der Waals surface area contributed by atoms with Crippen LogP contribution in [0.25, 0.3) is 16.9 Å². The third-order valence-electron chi connectivity index (χ3n) is 3.01. The molecule has 0 radical (unpaired) electrons. The first-order valence-corrected chi connectivity index (χ1v) is 6.60. The lowest BCUT2D eigenvalue weighted by molar-refractivity contribution is -0.384. The van der Waals surface area contributed by atoms with Gasteiger partial charge in [-0.2, -0.15) is 0 Å². The number of aromatic nitrogens is 2. The number of hydrogen-bond donors (Lipinski definition) is 1. The first-order chi connectivity index (χ1) is 9.97. The van der Waals surface area contributed by atoms with Crippen molar-refractivity contribution >= 4 is 40.4 Å². The zero-order valence-electron chi connectivity index (χ0n) is 10.5. The lowest BCUT2D eigenvalue weighted by Gasteiger charge is -2.00. The second-order valence-electron chi connectivity index (χ2n) is 4.35. The van der Waals surface area contributed by atoms with Crippen LogP contribution >= 0.6 is 23.2 Å². The van der Waals surface area contributed by atoms with Crippen LogP contribution in [0.4, 0.5) is 11.5 Å². The van der Waals surface area contributed by atoms with Crippen LogP contribution < -0.4 is 5.73 Å². The predicted octanol–water partition coefficient (Wildman–Crippen LogP) is 3.80. The van der Waals surface area contributed by atoms with Gasteiger partial charge in [0.05, 0.1) is 15.0 Å². The van der Waals surface area contributed by atoms with E-state index in [4.69, 9.17) is 28.9 Å². The molecule has 0 atom stereocenters. The van der Waals surface area contributed by atoms with Crippen molar-refractivity contribution in [2.45, 2.75) is 0 Å². The minimum atomic E-state index is -0.473. The van der Waals surface area contributed by atoms with Gasteiger partial charge in [-0.05, 0) is 6.07 Å². The molecule has 3 aromatic rings. The number of nitrogens with zero attached hydrogens (tertiary/aromatic N) is 3. The van der Waals surface area contributed by atoms with Crippen molar-refractivity contribution in [2.24, 2.45) is 0 Å². The van der Waals surface area contributed by atoms with Crippen molar-refractivity contribution < 1.29 is 4.92 Å². The second-order valence-corrected chi connectivity index (χ2v) is 5.20. The summed E-state index contributed by atoms with van der Waals surface area (Å²) in [6.07, 6.45) is 1.59. The van der Waals surface area contributed by atoms with E-state index in [1.807, 2.05) is 0 Å². The van der Waals surface area contributed by atoms with Crippen LogP contribution in [-0.4, -0.2) is 14.3 Å². The molecule has 21 heavy (non-hydrogen) atoms. The topological polar surface area (TPSA) is 86.5 Å². The van der Waals surface area contributed by atoms with Crippen molar-refractivity contribution in [2.75, 3.05) is 5.73 Å². The first kappa shape index (κ1) is 13.7. The maximum Gasteiger partial charge on any atom is 0.270 e. The molecule has 0 spiro atoms. The number of rotatable bonds is 2. The average Bonchev–Trinajstić information content (AvgIpc) is 2.77. The Kier molecular flexibility index (Phi) is 3.19. The minimum absolute atomic E-state index is 0.0342. The normalized spacial score (nSPS) is 11.0. The summed E-state index contributed by atoms with van der Waals surface area (Å²) >= 11 is 12.0. The largest absolute Gasteiger partial charge is 0.383 e. The van der Waals surface area contributed by atoms with E-state index in [0.717, 1.165) is 0 Å². The standard InChI is InChI=1S/C13H8Cl2N4O2/c14-8-5-10(15)13-17-11(12(16)18(13)6-8)7-2-1-3-9(4-7)19(20)21/h1-6H,16H2. The SMILES string of the molecule is Nc1c(-c2cccc([N+](=O)[O-])c2)nc2c(Cl)cc(Cl)cn12. The van der Waals surface area contributed by atoms with E-state index in [2.05, 4.69) is 4.98 Å². The summed E-state index contributed by atoms with van der Waals surface area (Å²) < 4.78 is 1.55. The number of nitro groups is 1. The van der Waals surface area contributed by atoms with Gasteiger partial charge in [-0.25, -0.2) is 4.98 Å². The number of nitro benzene ring substituents is 1. The van der Waals surface area contributed by atoms with Crippen LogP contribution in [0.15, 0.2) is 36.5 Å². The molecule has 0 aliphatic carbocycles. The van der Waals surface area contributed by atoms with E-state index >= 15 is 0 Å². The molecule has 0 fully saturated rings. The van der Waals surface area contributed by atoms with E-state index < -0.39 is 4.92 Å². The minimum Gasteiger partial charge on any atom is -0.383 e. The highest BCUT2D eigenvalue weighted by Gasteiger charge is 2.16. The Bertz CT molecular complexity index is 876. The van der Waals surface area contributed by atoms with E-state index in [1.165, 1.54) is 12.1 Å². The van der Waals surface area contributed by atoms with Crippen LogP contribution in [0.3, 0.4) is 0 Å². The summed E-state index contributed by atoms with van der Waals surface area (Å²) in [5, 5.41) is 11.6. The molecule has 1 aromatic carbocycles. The van der Waals surface area contributed by atoms with Gasteiger partial charge >= 0.3 is 0 Å². The number of nitrogen functional groups attached to an aromatic ring is 1. The molecular formula is C13H8Cl2N4O2. The number of hydrogen-bond acceptors (Lipinski definition) is 4. The van der Waals surface area contributed by atoms with Crippen molar-refractivity contribution in [3.63, 3.8) is 0 Å². The number of pyridine rings is 1. The first-order valence-electron chi connectivity index (χ1n) is 5.85. The molecule has 0 bridgehead atoms. The fourth-order valence-electron chi connectivity index (χ4n) is 2.07. The molecule has 0 aliphatic heterocycles. The zero-order valence-corrected chi connectivity index (χ0v) is 12.0. The van der Waals surface area contributed by atoms with E-state index in [-0.39, 0.29) is 5.69 Å². The van der Waals surface area contributed by atoms with Crippen molar-refractivity contribution in [3.05, 3.63) is 56.7 Å². The Labute approximate surface area is 128 Å². The number of non-ortho nitro benzene ring substituents is 1. The van der Waals surface area contributed by atoms with Crippen LogP contribution in [0.2, 0.25) is 10.0 Å². The van der Waals surface area contributed by atoms with Gasteiger partial charge in [-0.1, -0.05) is 35.3 Å². The maximum absolute atomic E-state index is 10.9. The van der Waals surface area contributed by atoms with Gasteiger partial charge in [0, 0.05) is 23.9 Å². The van der Waals surface area contributed by atoms with Crippen molar-refractivity contribution in [1.82, 2.24) is 9.38 Å². The van der Waals surface area contributed by atoms with Gasteiger partial charge in [0.1, 0.15) is 11.5 Å². The Balaban J connectivity index is 2.26. The lowest BCUT2D eigenvalue weighted by atomic mass is 10.1. The molecule has 0 unspecified atom stereocenters. The van der Waals surface area contributed by atoms with Gasteiger partial charge in [0.2, 0.25) is 0 Å². The molecule has 0 saturated heterocycles. The molecule has 0 amide bonds. The lowest BCUT2D eigenvalue weighted by Crippen LogP contribution is -1.95. The number of benzene rings is 1. The zero-order chi connectivity index (χ0) is 15.1. The number of fused-ring (bicyclic) bond motifs is 1. The van der Waals surface area contributed by atoms with Crippen LogP contribution in [0.1, 0.15) is 0 Å². The quantitative estimate of drug-likeness (QED) is 0.574. The molecule has 2 heterocycles. The summed E-state index contributed by atoms with van der Waals surface area (Å²) in [4.78, 5) is 14.7. The van der Waals surface area contributed by atoms with Gasteiger partial charge in [0.15, 0.2) is 5.65 Å². The molecule has 2 N–H and O–H groups in total. The Morgan fingerprint density at radius 2 is 2.05 bits per heavy atom. The van der Waals surface area contributed by atoms with E-state index in [1.54, 1.807) is 28.8 Å². The highest BCUT2D eigenvalue weighted by atomic mass is 35.5. The Hall–Kier alpha value is -2.31. The highest BCUT2D eigenvalue weighted by molar-refractivity contribution is 6.36. The summed E-state index contributed by atoms with van der Waals surface area (Å²) in [6.45, 7) is 0. The molecular weight excluding hydrogens is 315 g/mol. The van der Waals surface area contributed by atoms with Gasteiger partial charge in [-0.3, -0.25) is 14.5 Å². The molecule has 0 aliphatic rings. The third-order valence-corrected chi connectivity index (χ3v) is 3.49. The molecule has 8 heteroatoms. The number of halogens is 2. The molecule has 3 rings (SSSR count). The van der Waals surface area contributed by atoms with Gasteiger partial charge < -0.3 is 5.73 Å². The van der Waals surface area contributed by atoms with Gasteiger partial charge in [0.25, 0.3) is 5.69 Å². The summed E-state index contributed by atoms with van der Waals surface area (Å²) in [5.74, 6) is 0.315. The van der Waals surface area contributed by atoms with Crippen LogP contribution in [0.5, 0.6) is 0 Å². The van der Waals surface area contributed by atoms with Crippen LogP contribution in [-0.2, 0) is 0 Å². The van der Waals surface area contributed by atoms with Crippen molar-refractivity contribution in [3.8, 4) is 11.3 Å². The molecule has 0 saturated carbocycles. The Morgan fingerprint density at radius 1 is 1.29 bits per heavy atom. The number of nitrogens with two attached hydrogens (primary N) is 1. The molecule has 2 aromatic heterocycles. The van der Waals surface area contributed by atoms with Crippen LogP contribution in [0, 0.1) is 10.1 Å². The average molecular weight is 323 g/mol. The van der Waals surface area contributed by atoms with Gasteiger partial charge in [-0.15, -0.1) is 0 Å². The Morgan fingerprint density at radius 3 is 2.76 bits per heavy atom. The summed E-state index contributed by atoms with van der Waals surface area (Å²) in [7, 11) is 0. The number of imidazole rings is 1. The summed E-state index contributed by atoms with van der Waals surface area (Å²) in [6, 6.07) is 7.64. The van der Waals surface area contributed by atoms with Crippen molar-refractivity contribution in [1.29, 1.82) is 0 Å².